The number of carbonyl (C=O) groups excluding carboxylic acids is 1. The molecule has 20 heavy (non-hydrogen) atoms. The maximum atomic E-state index is 12.2. The predicted octanol–water partition coefficient (Wildman–Crippen LogP) is 3.83. The van der Waals surface area contributed by atoms with Gasteiger partial charge in [0, 0.05) is 15.7 Å². The Labute approximate surface area is 127 Å². The summed E-state index contributed by atoms with van der Waals surface area (Å²) in [4.78, 5) is 12.2. The van der Waals surface area contributed by atoms with E-state index in [9.17, 15) is 4.79 Å². The first kappa shape index (κ1) is 14.6. The fourth-order valence-corrected chi connectivity index (χ4v) is 2.47. The van der Waals surface area contributed by atoms with Crippen LogP contribution in [0.15, 0.2) is 46.9 Å². The van der Waals surface area contributed by atoms with Crippen molar-refractivity contribution in [2.45, 2.75) is 19.9 Å². The molecule has 3 N–H and O–H groups in total. The second-order valence-electron chi connectivity index (χ2n) is 4.88. The molecule has 3 nitrogen and oxygen atoms in total. The molecule has 4 heteroatoms. The summed E-state index contributed by atoms with van der Waals surface area (Å²) < 4.78 is 0.797. The molecule has 0 saturated carbocycles. The van der Waals surface area contributed by atoms with E-state index in [1.807, 2.05) is 38.1 Å². The summed E-state index contributed by atoms with van der Waals surface area (Å²) in [5.74, 6) is -0.133. The lowest BCUT2D eigenvalue weighted by atomic mass is 10.1. The molecule has 0 unspecified atom stereocenters. The predicted molar refractivity (Wildman–Crippen MR) is 85.6 cm³/mol. The molecular formula is C16H17BrN2O. The zero-order valence-corrected chi connectivity index (χ0v) is 13.1. The Balaban J connectivity index is 2.12. The average molecular weight is 333 g/mol. The standard InChI is InChI=1S/C16H17BrN2O/c1-10-3-5-12(6-4-10)11(2)19-16(20)13-7-14(17)9-15(18)8-13/h3-9,11H,18H2,1-2H3,(H,19,20)/t11-/m1/s1. The highest BCUT2D eigenvalue weighted by atomic mass is 79.9. The van der Waals surface area contributed by atoms with Gasteiger partial charge in [0.05, 0.1) is 6.04 Å². The molecule has 2 aromatic carbocycles. The summed E-state index contributed by atoms with van der Waals surface area (Å²) in [6.45, 7) is 4.00. The molecule has 0 heterocycles. The van der Waals surface area contributed by atoms with Crippen LogP contribution in [0.1, 0.15) is 34.5 Å². The molecule has 0 spiro atoms. The summed E-state index contributed by atoms with van der Waals surface area (Å²) in [5, 5.41) is 2.97. The molecule has 0 aromatic heterocycles. The minimum Gasteiger partial charge on any atom is -0.399 e. The number of hydrogen-bond acceptors (Lipinski definition) is 2. The minimum absolute atomic E-state index is 0.0525. The van der Waals surface area contributed by atoms with Crippen LogP contribution in [0.25, 0.3) is 0 Å². The van der Waals surface area contributed by atoms with E-state index in [0.29, 0.717) is 11.3 Å². The molecule has 2 rings (SSSR count). The molecule has 2 aromatic rings. The number of hydrogen-bond donors (Lipinski definition) is 2. The van der Waals surface area contributed by atoms with Gasteiger partial charge in [-0.05, 0) is 37.6 Å². The average Bonchev–Trinajstić information content (AvgIpc) is 2.38. The molecule has 104 valence electrons. The molecule has 1 atom stereocenters. The van der Waals surface area contributed by atoms with E-state index in [1.54, 1.807) is 18.2 Å². The van der Waals surface area contributed by atoms with Crippen molar-refractivity contribution in [3.8, 4) is 0 Å². The van der Waals surface area contributed by atoms with Crippen molar-refractivity contribution >= 4 is 27.5 Å². The van der Waals surface area contributed by atoms with Crippen molar-refractivity contribution in [2.24, 2.45) is 0 Å². The quantitative estimate of drug-likeness (QED) is 0.839. The Morgan fingerprint density at radius 3 is 2.45 bits per heavy atom. The molecule has 0 bridgehead atoms. The molecule has 0 fully saturated rings. The number of nitrogens with two attached hydrogens (primary N) is 1. The van der Waals surface area contributed by atoms with Gasteiger partial charge in [-0.1, -0.05) is 45.8 Å². The Morgan fingerprint density at radius 2 is 1.85 bits per heavy atom. The van der Waals surface area contributed by atoms with E-state index < -0.39 is 0 Å². The van der Waals surface area contributed by atoms with Crippen LogP contribution in [0.3, 0.4) is 0 Å². The number of nitrogen functional groups attached to an aromatic ring is 1. The van der Waals surface area contributed by atoms with Crippen molar-refractivity contribution < 1.29 is 4.79 Å². The van der Waals surface area contributed by atoms with E-state index >= 15 is 0 Å². The Kier molecular flexibility index (Phi) is 4.45. The van der Waals surface area contributed by atoms with Crippen molar-refractivity contribution in [3.63, 3.8) is 0 Å². The zero-order valence-electron chi connectivity index (χ0n) is 11.5. The Hall–Kier alpha value is -1.81. The van der Waals surface area contributed by atoms with E-state index in [4.69, 9.17) is 5.73 Å². The molecule has 0 saturated heterocycles. The maximum Gasteiger partial charge on any atom is 0.251 e. The van der Waals surface area contributed by atoms with Crippen LogP contribution in [-0.2, 0) is 0 Å². The number of aryl methyl sites for hydroxylation is 1. The van der Waals surface area contributed by atoms with Gasteiger partial charge >= 0.3 is 0 Å². The fraction of sp³-hybridized carbons (Fsp3) is 0.188. The number of anilines is 1. The van der Waals surface area contributed by atoms with Gasteiger partial charge in [-0.3, -0.25) is 4.79 Å². The van der Waals surface area contributed by atoms with E-state index in [0.717, 1.165) is 10.0 Å². The molecule has 0 aliphatic carbocycles. The summed E-state index contributed by atoms with van der Waals surface area (Å²) in [6.07, 6.45) is 0. The summed E-state index contributed by atoms with van der Waals surface area (Å²) >= 11 is 3.34. The summed E-state index contributed by atoms with van der Waals surface area (Å²) in [7, 11) is 0. The van der Waals surface area contributed by atoms with Crippen LogP contribution in [0.2, 0.25) is 0 Å². The highest BCUT2D eigenvalue weighted by molar-refractivity contribution is 9.10. The monoisotopic (exact) mass is 332 g/mol. The van der Waals surface area contributed by atoms with E-state index in [1.165, 1.54) is 5.56 Å². The van der Waals surface area contributed by atoms with Crippen LogP contribution in [-0.4, -0.2) is 5.91 Å². The maximum absolute atomic E-state index is 12.2. The van der Waals surface area contributed by atoms with Gasteiger partial charge in [0.2, 0.25) is 0 Å². The fourth-order valence-electron chi connectivity index (χ4n) is 1.96. The van der Waals surface area contributed by atoms with Crippen molar-refractivity contribution in [1.29, 1.82) is 0 Å². The normalized spacial score (nSPS) is 11.9. The number of halogens is 1. The molecule has 1 amide bonds. The molecule has 0 aliphatic heterocycles. The van der Waals surface area contributed by atoms with Crippen molar-refractivity contribution in [3.05, 3.63) is 63.6 Å². The smallest absolute Gasteiger partial charge is 0.251 e. The van der Waals surface area contributed by atoms with E-state index in [-0.39, 0.29) is 11.9 Å². The molecular weight excluding hydrogens is 316 g/mol. The van der Waals surface area contributed by atoms with Gasteiger partial charge in [0.15, 0.2) is 0 Å². The number of nitrogens with one attached hydrogen (secondary N) is 1. The summed E-state index contributed by atoms with van der Waals surface area (Å²) in [5.41, 5.74) is 9.14. The van der Waals surface area contributed by atoms with Gasteiger partial charge in [-0.15, -0.1) is 0 Å². The Morgan fingerprint density at radius 1 is 1.20 bits per heavy atom. The second-order valence-corrected chi connectivity index (χ2v) is 5.79. The third-order valence-corrected chi connectivity index (χ3v) is 3.57. The lowest BCUT2D eigenvalue weighted by Gasteiger charge is -2.15. The SMILES string of the molecule is Cc1ccc([C@@H](C)NC(=O)c2cc(N)cc(Br)c2)cc1. The van der Waals surface area contributed by atoms with Gasteiger partial charge in [0.1, 0.15) is 0 Å². The van der Waals surface area contributed by atoms with Crippen LogP contribution < -0.4 is 11.1 Å². The Bertz CT molecular complexity index is 603. The van der Waals surface area contributed by atoms with Crippen LogP contribution in [0.4, 0.5) is 5.69 Å². The highest BCUT2D eigenvalue weighted by Gasteiger charge is 2.12. The largest absolute Gasteiger partial charge is 0.399 e. The lowest BCUT2D eigenvalue weighted by Crippen LogP contribution is -2.26. The number of amides is 1. The van der Waals surface area contributed by atoms with Gasteiger partial charge in [-0.25, -0.2) is 0 Å². The van der Waals surface area contributed by atoms with Crippen LogP contribution >= 0.6 is 15.9 Å². The first-order chi connectivity index (χ1) is 9.45. The minimum atomic E-state index is -0.133. The molecule has 0 aliphatic rings. The third kappa shape index (κ3) is 3.61. The number of carbonyl (C=O) groups is 1. The van der Waals surface area contributed by atoms with E-state index in [2.05, 4.69) is 21.2 Å². The van der Waals surface area contributed by atoms with Gasteiger partial charge < -0.3 is 11.1 Å². The lowest BCUT2D eigenvalue weighted by molar-refractivity contribution is 0.0940. The van der Waals surface area contributed by atoms with Crippen molar-refractivity contribution in [2.75, 3.05) is 5.73 Å². The van der Waals surface area contributed by atoms with Gasteiger partial charge in [0.25, 0.3) is 5.91 Å². The number of benzene rings is 2. The second kappa shape index (κ2) is 6.09. The first-order valence-electron chi connectivity index (χ1n) is 6.39. The van der Waals surface area contributed by atoms with Gasteiger partial charge in [-0.2, -0.15) is 0 Å². The van der Waals surface area contributed by atoms with Crippen LogP contribution in [0, 0.1) is 6.92 Å². The molecule has 0 radical (unpaired) electrons. The summed E-state index contributed by atoms with van der Waals surface area (Å²) in [6, 6.07) is 13.3. The highest BCUT2D eigenvalue weighted by Crippen LogP contribution is 2.19. The topological polar surface area (TPSA) is 55.1 Å². The third-order valence-electron chi connectivity index (χ3n) is 3.11. The van der Waals surface area contributed by atoms with Crippen molar-refractivity contribution in [1.82, 2.24) is 5.32 Å². The first-order valence-corrected chi connectivity index (χ1v) is 7.18. The number of rotatable bonds is 3. The van der Waals surface area contributed by atoms with Crippen LogP contribution in [0.5, 0.6) is 0 Å². The zero-order chi connectivity index (χ0) is 14.7.